The molecule has 6 nitrogen and oxygen atoms in total. The van der Waals surface area contributed by atoms with Crippen molar-refractivity contribution in [2.24, 2.45) is 5.10 Å². The van der Waals surface area contributed by atoms with Gasteiger partial charge in [-0.1, -0.05) is 28.6 Å². The number of nitrogens with zero attached hydrogens (tertiary/aromatic N) is 1. The van der Waals surface area contributed by atoms with Gasteiger partial charge in [-0.15, -0.1) is 0 Å². The second kappa shape index (κ2) is 8.55. The van der Waals surface area contributed by atoms with Crippen molar-refractivity contribution in [3.63, 3.8) is 0 Å². The molecule has 0 aliphatic heterocycles. The fourth-order valence-electron chi connectivity index (χ4n) is 2.38. The van der Waals surface area contributed by atoms with Crippen molar-refractivity contribution in [3.05, 3.63) is 70.9 Å². The molecular weight excluding hydrogens is 412 g/mol. The number of methoxy groups -OCH3 is 1. The van der Waals surface area contributed by atoms with Gasteiger partial charge in [-0.05, 0) is 48.0 Å². The number of halogens is 1. The zero-order chi connectivity index (χ0) is 19.2. The highest BCUT2D eigenvalue weighted by atomic mass is 79.9. The summed E-state index contributed by atoms with van der Waals surface area (Å²) in [4.78, 5) is 12.2. The van der Waals surface area contributed by atoms with Gasteiger partial charge in [-0.25, -0.2) is 5.43 Å². The number of benzene rings is 2. The predicted molar refractivity (Wildman–Crippen MR) is 108 cm³/mol. The van der Waals surface area contributed by atoms with Crippen LogP contribution in [0.15, 0.2) is 69.1 Å². The Morgan fingerprint density at radius 3 is 2.89 bits per heavy atom. The first-order valence-electron chi connectivity index (χ1n) is 8.05. The molecule has 0 unspecified atom stereocenters. The molecule has 1 amide bonds. The normalized spacial score (nSPS) is 10.9. The molecule has 0 radical (unpaired) electrons. The Morgan fingerprint density at radius 2 is 2.11 bits per heavy atom. The minimum absolute atomic E-state index is 0.186. The molecule has 0 atom stereocenters. The zero-order valence-corrected chi connectivity index (χ0v) is 16.2. The molecule has 1 N–H and O–H groups in total. The van der Waals surface area contributed by atoms with Crippen molar-refractivity contribution in [1.29, 1.82) is 0 Å². The summed E-state index contributed by atoms with van der Waals surface area (Å²) in [5.41, 5.74) is 3.82. The number of amides is 1. The van der Waals surface area contributed by atoms with E-state index in [1.165, 1.54) is 6.21 Å². The SMILES string of the molecule is C=CCOc1ccc(/C=N/NC(=O)c2cc3cc(Br)ccc3o2)cc1OC. The van der Waals surface area contributed by atoms with Gasteiger partial charge in [-0.3, -0.25) is 4.79 Å². The standard InChI is InChI=1S/C20H17BrN2O4/c1-3-8-26-17-6-4-13(9-18(17)25-2)12-22-23-20(24)19-11-14-10-15(21)5-7-16(14)27-19/h3-7,9-12H,1,8H2,2H3,(H,23,24)/b22-12+. The van der Waals surface area contributed by atoms with E-state index in [1.807, 2.05) is 12.1 Å². The summed E-state index contributed by atoms with van der Waals surface area (Å²) < 4.78 is 17.2. The number of ether oxygens (including phenoxy) is 2. The average molecular weight is 429 g/mol. The van der Waals surface area contributed by atoms with Crippen LogP contribution in [0.2, 0.25) is 0 Å². The van der Waals surface area contributed by atoms with Crippen molar-refractivity contribution in [2.45, 2.75) is 0 Å². The summed E-state index contributed by atoms with van der Waals surface area (Å²) in [6.07, 6.45) is 3.16. The third-order valence-corrected chi connectivity index (χ3v) is 4.12. The van der Waals surface area contributed by atoms with E-state index in [1.54, 1.807) is 43.5 Å². The Bertz CT molecular complexity index is 1010. The van der Waals surface area contributed by atoms with Crippen molar-refractivity contribution in [1.82, 2.24) is 5.43 Å². The minimum Gasteiger partial charge on any atom is -0.493 e. The number of fused-ring (bicyclic) bond motifs is 1. The van der Waals surface area contributed by atoms with E-state index in [0.29, 0.717) is 23.7 Å². The van der Waals surface area contributed by atoms with E-state index in [9.17, 15) is 4.79 Å². The number of rotatable bonds is 7. The van der Waals surface area contributed by atoms with Crippen molar-refractivity contribution in [2.75, 3.05) is 13.7 Å². The third-order valence-electron chi connectivity index (χ3n) is 3.63. The maximum atomic E-state index is 12.2. The molecule has 0 saturated heterocycles. The second-order valence-corrected chi connectivity index (χ2v) is 6.42. The van der Waals surface area contributed by atoms with E-state index in [0.717, 1.165) is 15.4 Å². The fraction of sp³-hybridized carbons (Fsp3) is 0.100. The molecule has 7 heteroatoms. The van der Waals surface area contributed by atoms with Crippen LogP contribution in [-0.4, -0.2) is 25.8 Å². The average Bonchev–Trinajstić information content (AvgIpc) is 3.10. The van der Waals surface area contributed by atoms with Crippen LogP contribution >= 0.6 is 15.9 Å². The molecule has 0 fully saturated rings. The summed E-state index contributed by atoms with van der Waals surface area (Å²) in [6.45, 7) is 3.99. The van der Waals surface area contributed by atoms with Gasteiger partial charge in [0.25, 0.3) is 0 Å². The first-order chi connectivity index (χ1) is 13.1. The quantitative estimate of drug-likeness (QED) is 0.340. The first-order valence-corrected chi connectivity index (χ1v) is 8.84. The molecule has 0 spiro atoms. The van der Waals surface area contributed by atoms with Crippen LogP contribution < -0.4 is 14.9 Å². The van der Waals surface area contributed by atoms with E-state index >= 15 is 0 Å². The zero-order valence-electron chi connectivity index (χ0n) is 14.6. The third kappa shape index (κ3) is 4.57. The van der Waals surface area contributed by atoms with Gasteiger partial charge >= 0.3 is 5.91 Å². The molecule has 1 heterocycles. The van der Waals surface area contributed by atoms with Crippen LogP contribution in [0.25, 0.3) is 11.0 Å². The summed E-state index contributed by atoms with van der Waals surface area (Å²) in [5.74, 6) is 0.921. The Hall–Kier alpha value is -3.06. The predicted octanol–water partition coefficient (Wildman–Crippen LogP) is 4.53. The largest absolute Gasteiger partial charge is 0.493 e. The van der Waals surface area contributed by atoms with Gasteiger partial charge < -0.3 is 13.9 Å². The van der Waals surface area contributed by atoms with E-state index in [-0.39, 0.29) is 5.76 Å². The summed E-state index contributed by atoms with van der Waals surface area (Å²) in [7, 11) is 1.55. The molecular formula is C20H17BrN2O4. The van der Waals surface area contributed by atoms with Crippen LogP contribution in [0.5, 0.6) is 11.5 Å². The van der Waals surface area contributed by atoms with Crippen molar-refractivity contribution in [3.8, 4) is 11.5 Å². The van der Waals surface area contributed by atoms with Crippen molar-refractivity contribution < 1.29 is 18.7 Å². The Kier molecular flexibility index (Phi) is 5.93. The fourth-order valence-corrected chi connectivity index (χ4v) is 2.76. The summed E-state index contributed by atoms with van der Waals surface area (Å²) in [6, 6.07) is 12.5. The topological polar surface area (TPSA) is 73.1 Å². The smallest absolute Gasteiger partial charge is 0.307 e. The number of nitrogens with one attached hydrogen (secondary N) is 1. The van der Waals surface area contributed by atoms with E-state index in [2.05, 4.69) is 33.0 Å². The maximum Gasteiger partial charge on any atom is 0.307 e. The highest BCUT2D eigenvalue weighted by Gasteiger charge is 2.11. The molecule has 1 aromatic heterocycles. The van der Waals surface area contributed by atoms with Gasteiger partial charge in [0.15, 0.2) is 17.3 Å². The Morgan fingerprint density at radius 1 is 1.26 bits per heavy atom. The van der Waals surface area contributed by atoms with E-state index in [4.69, 9.17) is 13.9 Å². The van der Waals surface area contributed by atoms with Crippen LogP contribution in [0.1, 0.15) is 16.1 Å². The molecule has 2 aromatic carbocycles. The summed E-state index contributed by atoms with van der Waals surface area (Å²) >= 11 is 3.39. The molecule has 138 valence electrons. The first kappa shape index (κ1) is 18.7. The molecule has 0 aliphatic rings. The van der Waals surface area contributed by atoms with Crippen LogP contribution in [0.3, 0.4) is 0 Å². The van der Waals surface area contributed by atoms with Gasteiger partial charge in [-0.2, -0.15) is 5.10 Å². The Labute approximate surface area is 164 Å². The molecule has 0 aliphatic carbocycles. The lowest BCUT2D eigenvalue weighted by Gasteiger charge is -2.09. The summed E-state index contributed by atoms with van der Waals surface area (Å²) in [5, 5.41) is 4.80. The van der Waals surface area contributed by atoms with Crippen molar-refractivity contribution >= 4 is 39.0 Å². The lowest BCUT2D eigenvalue weighted by atomic mass is 10.2. The number of carbonyl (C=O) groups is 1. The maximum absolute atomic E-state index is 12.2. The van der Waals surface area contributed by atoms with Crippen LogP contribution in [0, 0.1) is 0 Å². The van der Waals surface area contributed by atoms with Gasteiger partial charge in [0, 0.05) is 9.86 Å². The molecule has 0 saturated carbocycles. The molecule has 3 rings (SSSR count). The molecule has 3 aromatic rings. The number of hydrazone groups is 1. The lowest BCUT2D eigenvalue weighted by molar-refractivity contribution is 0.0929. The highest BCUT2D eigenvalue weighted by Crippen LogP contribution is 2.27. The lowest BCUT2D eigenvalue weighted by Crippen LogP contribution is -2.16. The Balaban J connectivity index is 1.68. The monoisotopic (exact) mass is 428 g/mol. The molecule has 27 heavy (non-hydrogen) atoms. The van der Waals surface area contributed by atoms with E-state index < -0.39 is 5.91 Å². The van der Waals surface area contributed by atoms with Gasteiger partial charge in [0.2, 0.25) is 0 Å². The number of furan rings is 1. The molecule has 0 bridgehead atoms. The van der Waals surface area contributed by atoms with Crippen LogP contribution in [-0.2, 0) is 0 Å². The number of carbonyl (C=O) groups excluding carboxylic acids is 1. The van der Waals surface area contributed by atoms with Gasteiger partial charge in [0.1, 0.15) is 12.2 Å². The second-order valence-electron chi connectivity index (χ2n) is 5.50. The number of hydrogen-bond donors (Lipinski definition) is 1. The number of hydrogen-bond acceptors (Lipinski definition) is 5. The van der Waals surface area contributed by atoms with Crippen LogP contribution in [0.4, 0.5) is 0 Å². The minimum atomic E-state index is -0.434. The highest BCUT2D eigenvalue weighted by molar-refractivity contribution is 9.10. The van der Waals surface area contributed by atoms with Gasteiger partial charge in [0.05, 0.1) is 13.3 Å².